The van der Waals surface area contributed by atoms with E-state index in [-0.39, 0.29) is 30.4 Å². The van der Waals surface area contributed by atoms with Gasteiger partial charge >= 0.3 is 5.97 Å². The van der Waals surface area contributed by atoms with Crippen molar-refractivity contribution in [3.8, 4) is 11.5 Å². The summed E-state index contributed by atoms with van der Waals surface area (Å²) in [6.45, 7) is 1.31. The minimum absolute atomic E-state index is 0.176. The van der Waals surface area contributed by atoms with E-state index in [9.17, 15) is 19.2 Å². The van der Waals surface area contributed by atoms with Gasteiger partial charge < -0.3 is 14.2 Å². The van der Waals surface area contributed by atoms with Gasteiger partial charge in [0.2, 0.25) is 0 Å². The number of carbonyl (C=O) groups excluding carboxylic acids is 4. The van der Waals surface area contributed by atoms with E-state index in [1.54, 1.807) is 49.4 Å². The Bertz CT molecular complexity index is 1120. The lowest BCUT2D eigenvalue weighted by molar-refractivity contribution is -0.145. The van der Waals surface area contributed by atoms with E-state index in [1.165, 1.54) is 13.2 Å². The number of methoxy groups -OCH3 is 1. The van der Waals surface area contributed by atoms with Gasteiger partial charge in [-0.05, 0) is 58.4 Å². The molecule has 1 aliphatic heterocycles. The van der Waals surface area contributed by atoms with Crippen molar-refractivity contribution in [2.24, 2.45) is 0 Å². The van der Waals surface area contributed by atoms with Gasteiger partial charge in [-0.1, -0.05) is 30.3 Å². The van der Waals surface area contributed by atoms with E-state index >= 15 is 0 Å². The number of halogens is 1. The topological polar surface area (TPSA) is 99.2 Å². The van der Waals surface area contributed by atoms with Crippen LogP contribution in [-0.2, 0) is 14.3 Å². The number of hydrogen-bond acceptors (Lipinski definition) is 8. The summed E-state index contributed by atoms with van der Waals surface area (Å²) in [4.78, 5) is 50.3. The average Bonchev–Trinajstić information content (AvgIpc) is 3.06. The molecule has 1 aliphatic rings. The molecule has 0 spiro atoms. The Balaban J connectivity index is 1.77. The monoisotopic (exact) mass is 533 g/mol. The molecule has 10 heteroatoms. The molecule has 3 rings (SSSR count). The molecule has 0 radical (unpaired) electrons. The lowest BCUT2D eigenvalue weighted by Crippen LogP contribution is -2.33. The van der Waals surface area contributed by atoms with Crippen LogP contribution in [0.15, 0.2) is 51.8 Å². The van der Waals surface area contributed by atoms with E-state index in [2.05, 4.69) is 15.9 Å². The highest BCUT2D eigenvalue weighted by molar-refractivity contribution is 9.10. The number of carbonyl (C=O) groups is 4. The molecule has 33 heavy (non-hydrogen) atoms. The third-order valence-corrected chi connectivity index (χ3v) is 5.96. The fourth-order valence-corrected chi connectivity index (χ4v) is 4.36. The van der Waals surface area contributed by atoms with Crippen molar-refractivity contribution in [2.75, 3.05) is 26.9 Å². The van der Waals surface area contributed by atoms with Gasteiger partial charge in [0.1, 0.15) is 0 Å². The van der Waals surface area contributed by atoms with Crippen molar-refractivity contribution in [3.05, 3.63) is 63.0 Å². The maximum atomic E-state index is 12.8. The lowest BCUT2D eigenvalue weighted by atomic mass is 10.1. The lowest BCUT2D eigenvalue weighted by Gasteiger charge is -2.13. The predicted molar refractivity (Wildman–Crippen MR) is 126 cm³/mol. The summed E-state index contributed by atoms with van der Waals surface area (Å²) in [5.74, 6) is -0.782. The Hall–Kier alpha value is -3.11. The number of rotatable bonds is 9. The predicted octanol–water partition coefficient (Wildman–Crippen LogP) is 4.32. The van der Waals surface area contributed by atoms with Crippen LogP contribution in [0.2, 0.25) is 0 Å². The largest absolute Gasteiger partial charge is 0.493 e. The molecule has 2 aromatic carbocycles. The molecule has 0 aromatic heterocycles. The molecule has 0 bridgehead atoms. The normalized spacial score (nSPS) is 14.5. The zero-order valence-electron chi connectivity index (χ0n) is 17.8. The van der Waals surface area contributed by atoms with Crippen LogP contribution < -0.4 is 9.47 Å². The smallest absolute Gasteiger partial charge is 0.344 e. The number of benzene rings is 2. The van der Waals surface area contributed by atoms with Crippen LogP contribution >= 0.6 is 27.7 Å². The summed E-state index contributed by atoms with van der Waals surface area (Å²) in [6, 6.07) is 11.7. The molecule has 0 saturated carbocycles. The Labute approximate surface area is 203 Å². The molecule has 0 N–H and O–H groups in total. The van der Waals surface area contributed by atoms with Crippen LogP contribution in [0, 0.1) is 0 Å². The molecule has 8 nitrogen and oxygen atoms in total. The van der Waals surface area contributed by atoms with E-state index < -0.39 is 17.1 Å². The van der Waals surface area contributed by atoms with Gasteiger partial charge in [-0.15, -0.1) is 0 Å². The molecule has 1 heterocycles. The van der Waals surface area contributed by atoms with Gasteiger partial charge in [-0.2, -0.15) is 0 Å². The third-order valence-electron chi connectivity index (χ3n) is 4.46. The van der Waals surface area contributed by atoms with Crippen LogP contribution in [0.1, 0.15) is 22.8 Å². The summed E-state index contributed by atoms with van der Waals surface area (Å²) in [7, 11) is 1.44. The van der Waals surface area contributed by atoms with E-state index in [0.717, 1.165) is 16.7 Å². The van der Waals surface area contributed by atoms with Crippen molar-refractivity contribution in [2.45, 2.75) is 6.92 Å². The molecule has 0 unspecified atom stereocenters. The number of ketones is 1. The molecular weight excluding hydrogens is 514 g/mol. The number of ether oxygens (including phenoxy) is 3. The molecule has 2 amide bonds. The minimum atomic E-state index is -0.549. The molecular formula is C23H20BrNO7S. The van der Waals surface area contributed by atoms with Crippen LogP contribution in [0.4, 0.5) is 4.79 Å². The van der Waals surface area contributed by atoms with Gasteiger partial charge in [-0.3, -0.25) is 19.3 Å². The fraction of sp³-hybridized carbons (Fsp3) is 0.217. The van der Waals surface area contributed by atoms with Crippen LogP contribution in [0.5, 0.6) is 11.5 Å². The highest BCUT2D eigenvalue weighted by Gasteiger charge is 2.36. The van der Waals surface area contributed by atoms with E-state index in [1.807, 2.05) is 0 Å². The molecule has 172 valence electrons. The standard InChI is InChI=1S/C23H20BrNO7S/c1-3-31-20(27)13-32-21-16(24)9-14(10-18(21)30-2)11-19-22(28)25(23(29)33-19)12-17(26)15-7-5-4-6-8-15/h4-11H,3,12-13H2,1-2H3/b19-11-. The summed E-state index contributed by atoms with van der Waals surface area (Å²) in [6.07, 6.45) is 1.53. The third kappa shape index (κ3) is 6.02. The second-order valence-electron chi connectivity index (χ2n) is 6.68. The first-order chi connectivity index (χ1) is 15.8. The first-order valence-corrected chi connectivity index (χ1v) is 11.4. The second kappa shape index (κ2) is 11.2. The number of imide groups is 1. The van der Waals surface area contributed by atoms with Crippen LogP contribution in [0.3, 0.4) is 0 Å². The fourth-order valence-electron chi connectivity index (χ4n) is 2.94. The Kier molecular flexibility index (Phi) is 8.29. The van der Waals surface area contributed by atoms with Gasteiger partial charge in [0.25, 0.3) is 11.1 Å². The van der Waals surface area contributed by atoms with Gasteiger partial charge in [-0.25, -0.2) is 4.79 Å². The summed E-state index contributed by atoms with van der Waals surface area (Å²) in [5, 5.41) is -0.518. The summed E-state index contributed by atoms with van der Waals surface area (Å²) in [5.41, 5.74) is 0.981. The summed E-state index contributed by atoms with van der Waals surface area (Å²) < 4.78 is 16.2. The molecule has 2 aromatic rings. The maximum absolute atomic E-state index is 12.8. The SMILES string of the molecule is CCOC(=O)COc1c(Br)cc(/C=C2\SC(=O)N(CC(=O)c3ccccc3)C2=O)cc1OC. The minimum Gasteiger partial charge on any atom is -0.493 e. The van der Waals surface area contributed by atoms with Crippen molar-refractivity contribution in [1.29, 1.82) is 0 Å². The van der Waals surface area contributed by atoms with Crippen molar-refractivity contribution >= 4 is 56.7 Å². The highest BCUT2D eigenvalue weighted by atomic mass is 79.9. The van der Waals surface area contributed by atoms with Crippen LogP contribution in [0.25, 0.3) is 6.08 Å². The zero-order chi connectivity index (χ0) is 24.0. The Morgan fingerprint density at radius 2 is 1.88 bits per heavy atom. The Morgan fingerprint density at radius 3 is 2.55 bits per heavy atom. The molecule has 0 atom stereocenters. The first kappa shape index (κ1) is 24.5. The Morgan fingerprint density at radius 1 is 1.15 bits per heavy atom. The summed E-state index contributed by atoms with van der Waals surface area (Å²) >= 11 is 4.13. The quantitative estimate of drug-likeness (QED) is 0.267. The van der Waals surface area contributed by atoms with Gasteiger partial charge in [0, 0.05) is 5.56 Å². The first-order valence-electron chi connectivity index (χ1n) is 9.83. The second-order valence-corrected chi connectivity index (χ2v) is 8.53. The average molecular weight is 534 g/mol. The van der Waals surface area contributed by atoms with Gasteiger partial charge in [0.05, 0.1) is 29.6 Å². The van der Waals surface area contributed by atoms with Crippen molar-refractivity contribution in [1.82, 2.24) is 4.90 Å². The van der Waals surface area contributed by atoms with E-state index in [0.29, 0.717) is 27.1 Å². The molecule has 1 fully saturated rings. The molecule has 1 saturated heterocycles. The van der Waals surface area contributed by atoms with Crippen molar-refractivity contribution < 1.29 is 33.4 Å². The highest BCUT2D eigenvalue weighted by Crippen LogP contribution is 2.39. The number of thioether (sulfide) groups is 1. The van der Waals surface area contributed by atoms with Gasteiger partial charge in [0.15, 0.2) is 23.9 Å². The number of esters is 1. The van der Waals surface area contributed by atoms with Crippen molar-refractivity contribution in [3.63, 3.8) is 0 Å². The number of hydrogen-bond donors (Lipinski definition) is 0. The number of nitrogens with zero attached hydrogens (tertiary/aromatic N) is 1. The molecule has 0 aliphatic carbocycles. The number of amides is 2. The maximum Gasteiger partial charge on any atom is 0.344 e. The van der Waals surface area contributed by atoms with E-state index in [4.69, 9.17) is 14.2 Å². The zero-order valence-corrected chi connectivity index (χ0v) is 20.2. The van der Waals surface area contributed by atoms with Crippen LogP contribution in [-0.4, -0.2) is 54.7 Å². The number of Topliss-reactive ketones (excluding diaryl/α,β-unsaturated/α-hetero) is 1.